The Morgan fingerprint density at radius 1 is 1.06 bits per heavy atom. The Kier molecular flexibility index (Phi) is 7.01. The summed E-state index contributed by atoms with van der Waals surface area (Å²) in [6.07, 6.45) is -0.00956. The van der Waals surface area contributed by atoms with Crippen molar-refractivity contribution in [3.05, 3.63) is 89.0 Å². The molecule has 1 atom stereocenters. The monoisotopic (exact) mass is 460 g/mol. The van der Waals surface area contributed by atoms with E-state index in [-0.39, 0.29) is 18.9 Å². The summed E-state index contributed by atoms with van der Waals surface area (Å²) in [5, 5.41) is 0. The first kappa shape index (κ1) is 23.2. The molecular formula is C27H28N2O5. The number of ether oxygens (including phenoxy) is 3. The van der Waals surface area contributed by atoms with Crippen molar-refractivity contribution >= 4 is 17.6 Å². The molecular weight excluding hydrogens is 432 g/mol. The number of benzene rings is 3. The Morgan fingerprint density at radius 3 is 2.56 bits per heavy atom. The van der Waals surface area contributed by atoms with Crippen LogP contribution in [0.25, 0.3) is 0 Å². The molecule has 3 aromatic rings. The number of methoxy groups -OCH3 is 1. The standard InChI is InChI=1S/C27H28N2O5/c1-3-33-25-14-19(12-13-24(25)32-2)23(15-26(30)34-17-18-8-5-4-6-9-18)29-16-21-20(27(29)31)10-7-11-22(21)28/h4-14,23H,3,15-17,28H2,1-2H3. The average molecular weight is 461 g/mol. The summed E-state index contributed by atoms with van der Waals surface area (Å²) in [6.45, 7) is 2.82. The van der Waals surface area contributed by atoms with Crippen LogP contribution in [-0.4, -0.2) is 30.5 Å². The van der Waals surface area contributed by atoms with Crippen LogP contribution < -0.4 is 15.2 Å². The van der Waals surface area contributed by atoms with Crippen molar-refractivity contribution in [1.29, 1.82) is 0 Å². The van der Waals surface area contributed by atoms with Gasteiger partial charge < -0.3 is 24.8 Å². The Hall–Kier alpha value is -4.00. The van der Waals surface area contributed by atoms with Gasteiger partial charge in [0.1, 0.15) is 6.61 Å². The van der Waals surface area contributed by atoms with Crippen LogP contribution in [0.5, 0.6) is 11.5 Å². The van der Waals surface area contributed by atoms with Gasteiger partial charge in [0, 0.05) is 23.4 Å². The summed E-state index contributed by atoms with van der Waals surface area (Å²) < 4.78 is 16.7. The van der Waals surface area contributed by atoms with E-state index in [1.165, 1.54) is 0 Å². The highest BCUT2D eigenvalue weighted by Gasteiger charge is 2.36. The molecule has 7 heteroatoms. The second-order valence-electron chi connectivity index (χ2n) is 8.02. The molecule has 2 N–H and O–H groups in total. The number of nitrogens with zero attached hydrogens (tertiary/aromatic N) is 1. The number of anilines is 1. The molecule has 1 aliphatic rings. The number of hydrogen-bond acceptors (Lipinski definition) is 6. The van der Waals surface area contributed by atoms with Gasteiger partial charge in [-0.15, -0.1) is 0 Å². The number of nitrogen functional groups attached to an aromatic ring is 1. The summed E-state index contributed by atoms with van der Waals surface area (Å²) in [7, 11) is 1.57. The van der Waals surface area contributed by atoms with Crippen molar-refractivity contribution in [3.8, 4) is 11.5 Å². The summed E-state index contributed by atoms with van der Waals surface area (Å²) in [4.78, 5) is 27.9. The van der Waals surface area contributed by atoms with E-state index in [2.05, 4.69) is 0 Å². The van der Waals surface area contributed by atoms with E-state index >= 15 is 0 Å². The lowest BCUT2D eigenvalue weighted by molar-refractivity contribution is -0.146. The lowest BCUT2D eigenvalue weighted by atomic mass is 10.0. The third-order valence-corrected chi connectivity index (χ3v) is 5.88. The van der Waals surface area contributed by atoms with Gasteiger partial charge >= 0.3 is 5.97 Å². The number of nitrogens with two attached hydrogens (primary N) is 1. The van der Waals surface area contributed by atoms with Crippen molar-refractivity contribution in [1.82, 2.24) is 4.90 Å². The minimum absolute atomic E-state index is 0.00956. The van der Waals surface area contributed by atoms with E-state index < -0.39 is 12.0 Å². The predicted octanol–water partition coefficient (Wildman–Crippen LogP) is 4.51. The molecule has 1 heterocycles. The maximum atomic E-state index is 13.3. The van der Waals surface area contributed by atoms with Gasteiger partial charge in [0.2, 0.25) is 0 Å². The van der Waals surface area contributed by atoms with E-state index in [1.54, 1.807) is 36.3 Å². The van der Waals surface area contributed by atoms with Crippen LogP contribution >= 0.6 is 0 Å². The van der Waals surface area contributed by atoms with E-state index in [0.29, 0.717) is 35.9 Å². The van der Waals surface area contributed by atoms with E-state index in [0.717, 1.165) is 16.7 Å². The molecule has 1 unspecified atom stereocenters. The number of rotatable bonds is 9. The van der Waals surface area contributed by atoms with E-state index in [9.17, 15) is 9.59 Å². The fourth-order valence-corrected chi connectivity index (χ4v) is 4.16. The van der Waals surface area contributed by atoms with Gasteiger partial charge in [0.05, 0.1) is 26.2 Å². The fourth-order valence-electron chi connectivity index (χ4n) is 4.16. The molecule has 0 radical (unpaired) electrons. The maximum absolute atomic E-state index is 13.3. The molecule has 3 aromatic carbocycles. The van der Waals surface area contributed by atoms with Gasteiger partial charge in [-0.3, -0.25) is 9.59 Å². The first-order chi connectivity index (χ1) is 16.5. The molecule has 7 nitrogen and oxygen atoms in total. The summed E-state index contributed by atoms with van der Waals surface area (Å²) in [6, 6.07) is 19.7. The fraction of sp³-hybridized carbons (Fsp3) is 0.259. The van der Waals surface area contributed by atoms with Gasteiger partial charge in [0.25, 0.3) is 5.91 Å². The average Bonchev–Trinajstić information content (AvgIpc) is 3.19. The number of amides is 1. The normalized spacial score (nSPS) is 13.4. The number of hydrogen-bond donors (Lipinski definition) is 1. The van der Waals surface area contributed by atoms with Crippen LogP contribution in [0, 0.1) is 0 Å². The lowest BCUT2D eigenvalue weighted by Gasteiger charge is -2.28. The molecule has 0 saturated heterocycles. The highest BCUT2D eigenvalue weighted by atomic mass is 16.5. The molecule has 0 bridgehead atoms. The summed E-state index contributed by atoms with van der Waals surface area (Å²) in [5.74, 6) is 0.557. The first-order valence-electron chi connectivity index (χ1n) is 11.2. The Morgan fingerprint density at radius 2 is 1.85 bits per heavy atom. The molecule has 176 valence electrons. The molecule has 1 amide bonds. The molecule has 34 heavy (non-hydrogen) atoms. The third-order valence-electron chi connectivity index (χ3n) is 5.88. The largest absolute Gasteiger partial charge is 0.493 e. The molecule has 1 aliphatic heterocycles. The topological polar surface area (TPSA) is 91.1 Å². The van der Waals surface area contributed by atoms with Crippen LogP contribution in [0.1, 0.15) is 46.4 Å². The Bertz CT molecular complexity index is 1180. The SMILES string of the molecule is CCOc1cc(C(CC(=O)OCc2ccccc2)N2Cc3c(N)cccc3C2=O)ccc1OC. The lowest BCUT2D eigenvalue weighted by Crippen LogP contribution is -2.31. The smallest absolute Gasteiger partial charge is 0.308 e. The summed E-state index contributed by atoms with van der Waals surface area (Å²) in [5.41, 5.74) is 9.68. The Labute approximate surface area is 199 Å². The molecule has 0 aliphatic carbocycles. The van der Waals surface area contributed by atoms with Crippen molar-refractivity contribution in [2.75, 3.05) is 19.5 Å². The highest BCUT2D eigenvalue weighted by molar-refractivity contribution is 6.00. The van der Waals surface area contributed by atoms with Crippen molar-refractivity contribution in [2.45, 2.75) is 32.5 Å². The second-order valence-corrected chi connectivity index (χ2v) is 8.02. The van der Waals surface area contributed by atoms with E-state index in [1.807, 2.05) is 49.4 Å². The van der Waals surface area contributed by atoms with Gasteiger partial charge in [0.15, 0.2) is 11.5 Å². The van der Waals surface area contributed by atoms with Gasteiger partial charge in [-0.2, -0.15) is 0 Å². The quantitative estimate of drug-likeness (QED) is 0.373. The van der Waals surface area contributed by atoms with Crippen LogP contribution in [0.3, 0.4) is 0 Å². The zero-order valence-corrected chi connectivity index (χ0v) is 19.3. The number of carbonyl (C=O) groups is 2. The van der Waals surface area contributed by atoms with Crippen LogP contribution in [0.15, 0.2) is 66.7 Å². The first-order valence-corrected chi connectivity index (χ1v) is 11.2. The minimum atomic E-state index is -0.562. The predicted molar refractivity (Wildman–Crippen MR) is 128 cm³/mol. The number of fused-ring (bicyclic) bond motifs is 1. The molecule has 0 aromatic heterocycles. The van der Waals surface area contributed by atoms with Crippen LogP contribution in [-0.2, 0) is 22.7 Å². The zero-order valence-electron chi connectivity index (χ0n) is 19.3. The Balaban J connectivity index is 1.63. The van der Waals surface area contributed by atoms with Gasteiger partial charge in [-0.25, -0.2) is 0 Å². The molecule has 4 rings (SSSR count). The molecule has 0 fully saturated rings. The number of carbonyl (C=O) groups excluding carboxylic acids is 2. The third kappa shape index (κ3) is 4.83. The van der Waals surface area contributed by atoms with Crippen LogP contribution in [0.2, 0.25) is 0 Å². The van der Waals surface area contributed by atoms with Gasteiger partial charge in [-0.05, 0) is 42.3 Å². The highest BCUT2D eigenvalue weighted by Crippen LogP contribution is 2.39. The maximum Gasteiger partial charge on any atom is 0.308 e. The zero-order chi connectivity index (χ0) is 24.1. The minimum Gasteiger partial charge on any atom is -0.493 e. The summed E-state index contributed by atoms with van der Waals surface area (Å²) >= 11 is 0. The molecule has 0 saturated carbocycles. The van der Waals surface area contributed by atoms with Crippen molar-refractivity contribution < 1.29 is 23.8 Å². The van der Waals surface area contributed by atoms with Crippen LogP contribution in [0.4, 0.5) is 5.69 Å². The van der Waals surface area contributed by atoms with Gasteiger partial charge in [-0.1, -0.05) is 42.5 Å². The van der Waals surface area contributed by atoms with Crippen molar-refractivity contribution in [2.24, 2.45) is 0 Å². The second kappa shape index (κ2) is 10.3. The van der Waals surface area contributed by atoms with E-state index in [4.69, 9.17) is 19.9 Å². The van der Waals surface area contributed by atoms with Crippen molar-refractivity contribution in [3.63, 3.8) is 0 Å². The molecule has 0 spiro atoms. The number of esters is 1.